The van der Waals surface area contributed by atoms with Crippen LogP contribution in [0.15, 0.2) is 18.5 Å². The molecule has 3 nitrogen and oxygen atoms in total. The Morgan fingerprint density at radius 2 is 1.94 bits per heavy atom. The fraction of sp³-hybridized carbons (Fsp3) is 0.571. The van der Waals surface area contributed by atoms with Crippen molar-refractivity contribution in [1.82, 2.24) is 14.8 Å². The lowest BCUT2D eigenvalue weighted by Crippen LogP contribution is -2.05. The van der Waals surface area contributed by atoms with Crippen molar-refractivity contribution in [2.45, 2.75) is 52.5 Å². The Morgan fingerprint density at radius 1 is 1.18 bits per heavy atom. The zero-order valence-electron chi connectivity index (χ0n) is 11.1. The average molecular weight is 231 g/mol. The summed E-state index contributed by atoms with van der Waals surface area (Å²) in [5.74, 6) is 0.562. The van der Waals surface area contributed by atoms with E-state index in [1.165, 1.54) is 5.56 Å². The van der Waals surface area contributed by atoms with Crippen LogP contribution >= 0.6 is 0 Å². The molecule has 2 atom stereocenters. The van der Waals surface area contributed by atoms with E-state index in [0.717, 1.165) is 23.9 Å². The molecule has 0 saturated carbocycles. The van der Waals surface area contributed by atoms with Gasteiger partial charge in [-0.1, -0.05) is 20.8 Å². The Kier molecular flexibility index (Phi) is 3.46. The van der Waals surface area contributed by atoms with Gasteiger partial charge >= 0.3 is 0 Å². The molecule has 0 amide bonds. The topological polar surface area (TPSA) is 30.7 Å². The predicted octanol–water partition coefficient (Wildman–Crippen LogP) is 3.92. The summed E-state index contributed by atoms with van der Waals surface area (Å²) in [5, 5.41) is 4.45. The molecule has 0 bridgehead atoms. The molecule has 2 rings (SSSR count). The van der Waals surface area contributed by atoms with Gasteiger partial charge in [0, 0.05) is 12.2 Å². The first kappa shape index (κ1) is 12.1. The molecule has 0 spiro atoms. The van der Waals surface area contributed by atoms with E-state index in [1.807, 2.05) is 12.4 Å². The smallest absolute Gasteiger partial charge is 0.108 e. The first-order valence-corrected chi connectivity index (χ1v) is 6.50. The highest BCUT2D eigenvalue weighted by molar-refractivity contribution is 5.74. The average Bonchev–Trinajstić information content (AvgIpc) is 2.79. The predicted molar refractivity (Wildman–Crippen MR) is 71.2 cm³/mol. The third kappa shape index (κ3) is 2.19. The largest absolute Gasteiger partial charge is 0.260 e. The van der Waals surface area contributed by atoms with Gasteiger partial charge in [-0.15, -0.1) is 0 Å². The zero-order valence-corrected chi connectivity index (χ0v) is 11.1. The molecule has 3 heteroatoms. The summed E-state index contributed by atoms with van der Waals surface area (Å²) >= 11 is 0. The van der Waals surface area contributed by atoms with Gasteiger partial charge in [0.2, 0.25) is 0 Å². The van der Waals surface area contributed by atoms with Gasteiger partial charge in [0.15, 0.2) is 0 Å². The SMILES string of the molecule is CCC(C)c1cnc2cnn(C(C)CC)c2c1. The molecule has 2 unspecified atom stereocenters. The van der Waals surface area contributed by atoms with Crippen LogP contribution in [0.25, 0.3) is 11.0 Å². The lowest BCUT2D eigenvalue weighted by molar-refractivity contribution is 0.493. The van der Waals surface area contributed by atoms with Crippen LogP contribution in [-0.4, -0.2) is 14.8 Å². The van der Waals surface area contributed by atoms with Crippen LogP contribution in [0.5, 0.6) is 0 Å². The summed E-state index contributed by atoms with van der Waals surface area (Å²) in [6.07, 6.45) is 6.08. The van der Waals surface area contributed by atoms with Crippen molar-refractivity contribution in [2.75, 3.05) is 0 Å². The second-order valence-electron chi connectivity index (χ2n) is 4.83. The fourth-order valence-electron chi connectivity index (χ4n) is 1.97. The standard InChI is InChI=1S/C14H21N3/c1-5-10(3)12-7-14-13(15-8-12)9-16-17(14)11(4)6-2/h7-11H,5-6H2,1-4H3. The van der Waals surface area contributed by atoms with E-state index in [9.17, 15) is 0 Å². The van der Waals surface area contributed by atoms with Crippen LogP contribution in [0.3, 0.4) is 0 Å². The lowest BCUT2D eigenvalue weighted by atomic mass is 10.0. The molecule has 0 aliphatic heterocycles. The fourth-order valence-corrected chi connectivity index (χ4v) is 1.97. The van der Waals surface area contributed by atoms with Crippen molar-refractivity contribution in [3.63, 3.8) is 0 Å². The van der Waals surface area contributed by atoms with Crippen molar-refractivity contribution in [2.24, 2.45) is 0 Å². The van der Waals surface area contributed by atoms with E-state index in [-0.39, 0.29) is 0 Å². The van der Waals surface area contributed by atoms with Gasteiger partial charge in [-0.3, -0.25) is 9.67 Å². The van der Waals surface area contributed by atoms with E-state index in [2.05, 4.69) is 48.5 Å². The van der Waals surface area contributed by atoms with Crippen LogP contribution in [-0.2, 0) is 0 Å². The maximum Gasteiger partial charge on any atom is 0.108 e. The van der Waals surface area contributed by atoms with Crippen LogP contribution in [0.4, 0.5) is 0 Å². The molecule has 0 radical (unpaired) electrons. The van der Waals surface area contributed by atoms with Crippen molar-refractivity contribution >= 4 is 11.0 Å². The Bertz CT molecular complexity index is 501. The Morgan fingerprint density at radius 3 is 2.59 bits per heavy atom. The normalized spacial score (nSPS) is 15.1. The monoisotopic (exact) mass is 231 g/mol. The quantitative estimate of drug-likeness (QED) is 0.798. The molecule has 2 heterocycles. The highest BCUT2D eigenvalue weighted by atomic mass is 15.3. The molecule has 0 saturated heterocycles. The molecular formula is C14H21N3. The number of aromatic nitrogens is 3. The summed E-state index contributed by atoms with van der Waals surface area (Å²) < 4.78 is 2.09. The van der Waals surface area contributed by atoms with Crippen molar-refractivity contribution < 1.29 is 0 Å². The van der Waals surface area contributed by atoms with Crippen LogP contribution < -0.4 is 0 Å². The van der Waals surface area contributed by atoms with Crippen molar-refractivity contribution in [3.05, 3.63) is 24.0 Å². The second kappa shape index (κ2) is 4.86. The summed E-state index contributed by atoms with van der Waals surface area (Å²) in [6, 6.07) is 2.68. The first-order chi connectivity index (χ1) is 8.17. The first-order valence-electron chi connectivity index (χ1n) is 6.50. The van der Waals surface area contributed by atoms with Crippen LogP contribution in [0.1, 0.15) is 58.1 Å². The third-order valence-corrected chi connectivity index (χ3v) is 3.66. The minimum atomic E-state index is 0.432. The minimum Gasteiger partial charge on any atom is -0.260 e. The molecule has 0 N–H and O–H groups in total. The lowest BCUT2D eigenvalue weighted by Gasteiger charge is -2.12. The van der Waals surface area contributed by atoms with Gasteiger partial charge in [-0.25, -0.2) is 0 Å². The zero-order chi connectivity index (χ0) is 12.4. The van der Waals surface area contributed by atoms with Gasteiger partial charge < -0.3 is 0 Å². The maximum absolute atomic E-state index is 4.50. The number of nitrogens with zero attached hydrogens (tertiary/aromatic N) is 3. The van der Waals surface area contributed by atoms with E-state index in [4.69, 9.17) is 0 Å². The van der Waals surface area contributed by atoms with E-state index in [0.29, 0.717) is 12.0 Å². The van der Waals surface area contributed by atoms with Crippen molar-refractivity contribution in [1.29, 1.82) is 0 Å². The maximum atomic E-state index is 4.50. The number of pyridine rings is 1. The molecule has 2 aromatic rings. The van der Waals surface area contributed by atoms with Crippen LogP contribution in [0, 0.1) is 0 Å². The Hall–Kier alpha value is -1.38. The summed E-state index contributed by atoms with van der Waals surface area (Å²) in [7, 11) is 0. The second-order valence-corrected chi connectivity index (χ2v) is 4.83. The molecule has 2 aromatic heterocycles. The third-order valence-electron chi connectivity index (χ3n) is 3.66. The molecule has 0 aliphatic carbocycles. The molecule has 17 heavy (non-hydrogen) atoms. The number of hydrogen-bond acceptors (Lipinski definition) is 2. The Labute approximate surface area is 103 Å². The number of fused-ring (bicyclic) bond motifs is 1. The molecular weight excluding hydrogens is 210 g/mol. The van der Waals surface area contributed by atoms with E-state index in [1.54, 1.807) is 0 Å². The molecule has 92 valence electrons. The highest BCUT2D eigenvalue weighted by Crippen LogP contribution is 2.24. The summed E-state index contributed by atoms with van der Waals surface area (Å²) in [5.41, 5.74) is 3.47. The summed E-state index contributed by atoms with van der Waals surface area (Å²) in [6.45, 7) is 8.83. The van der Waals surface area contributed by atoms with Crippen molar-refractivity contribution in [3.8, 4) is 0 Å². The van der Waals surface area contributed by atoms with Gasteiger partial charge in [-0.05, 0) is 37.3 Å². The van der Waals surface area contributed by atoms with Gasteiger partial charge in [0.25, 0.3) is 0 Å². The molecule has 0 aromatic carbocycles. The molecule has 0 aliphatic rings. The Balaban J connectivity index is 2.50. The van der Waals surface area contributed by atoms with Gasteiger partial charge in [0.1, 0.15) is 5.52 Å². The minimum absolute atomic E-state index is 0.432. The highest BCUT2D eigenvalue weighted by Gasteiger charge is 2.11. The molecule has 0 fully saturated rings. The van der Waals surface area contributed by atoms with Gasteiger partial charge in [-0.2, -0.15) is 5.10 Å². The van der Waals surface area contributed by atoms with E-state index < -0.39 is 0 Å². The number of rotatable bonds is 4. The van der Waals surface area contributed by atoms with E-state index >= 15 is 0 Å². The summed E-state index contributed by atoms with van der Waals surface area (Å²) in [4.78, 5) is 4.50. The van der Waals surface area contributed by atoms with Gasteiger partial charge in [0.05, 0.1) is 11.7 Å². The van der Waals surface area contributed by atoms with Crippen LogP contribution in [0.2, 0.25) is 0 Å². The number of hydrogen-bond donors (Lipinski definition) is 0.